The third-order valence-electron chi connectivity index (χ3n) is 2.21. The Labute approximate surface area is 92.6 Å². The maximum Gasteiger partial charge on any atom is 0.409 e. The van der Waals surface area contributed by atoms with Gasteiger partial charge in [0.15, 0.2) is 0 Å². The van der Waals surface area contributed by atoms with Crippen LogP contribution in [-0.4, -0.2) is 31.7 Å². The summed E-state index contributed by atoms with van der Waals surface area (Å²) < 4.78 is 30.5. The maximum atomic E-state index is 13.2. The number of rotatable bonds is 3. The molecule has 0 aliphatic carbocycles. The van der Waals surface area contributed by atoms with Gasteiger partial charge in [-0.1, -0.05) is 0 Å². The molecule has 0 N–H and O–H groups in total. The summed E-state index contributed by atoms with van der Waals surface area (Å²) in [6.45, 7) is 0.271. The lowest BCUT2D eigenvalue weighted by Crippen LogP contribution is -2.28. The molecule has 0 fully saturated rings. The number of hydrogen-bond donors (Lipinski definition) is 0. The highest BCUT2D eigenvalue weighted by atomic mass is 19.1. The molecule has 0 aromatic heterocycles. The molecule has 0 aliphatic rings. The van der Waals surface area contributed by atoms with Crippen LogP contribution in [0.25, 0.3) is 0 Å². The largest absolute Gasteiger partial charge is 0.453 e. The molecule has 1 amide bonds. The first kappa shape index (κ1) is 12.4. The molecule has 0 heterocycles. The van der Waals surface area contributed by atoms with Crippen molar-refractivity contribution in [3.63, 3.8) is 0 Å². The predicted octanol–water partition coefficient (Wildman–Crippen LogP) is 2.21. The molecule has 3 nitrogen and oxygen atoms in total. The Hall–Kier alpha value is -1.65. The summed E-state index contributed by atoms with van der Waals surface area (Å²) >= 11 is 0. The van der Waals surface area contributed by atoms with Crippen LogP contribution in [0.5, 0.6) is 0 Å². The zero-order valence-electron chi connectivity index (χ0n) is 9.17. The molecule has 16 heavy (non-hydrogen) atoms. The fourth-order valence-corrected chi connectivity index (χ4v) is 1.27. The van der Waals surface area contributed by atoms with Crippen LogP contribution in [0.2, 0.25) is 0 Å². The lowest BCUT2D eigenvalue weighted by molar-refractivity contribution is 0.133. The van der Waals surface area contributed by atoms with Crippen LogP contribution in [0.4, 0.5) is 13.6 Å². The summed E-state index contributed by atoms with van der Waals surface area (Å²) in [5, 5.41) is 0. The number of carbonyl (C=O) groups excluding carboxylic acids is 1. The number of carbonyl (C=O) groups is 1. The van der Waals surface area contributed by atoms with Crippen molar-refractivity contribution in [3.8, 4) is 0 Å². The van der Waals surface area contributed by atoms with E-state index in [9.17, 15) is 13.6 Å². The molecule has 0 bridgehead atoms. The van der Waals surface area contributed by atoms with Crippen LogP contribution in [0.1, 0.15) is 5.56 Å². The third kappa shape index (κ3) is 3.18. The molecule has 88 valence electrons. The normalized spacial score (nSPS) is 10.0. The van der Waals surface area contributed by atoms with Gasteiger partial charge in [0.05, 0.1) is 7.11 Å². The van der Waals surface area contributed by atoms with Crippen LogP contribution < -0.4 is 0 Å². The van der Waals surface area contributed by atoms with Gasteiger partial charge in [-0.15, -0.1) is 0 Å². The zero-order valence-corrected chi connectivity index (χ0v) is 9.17. The van der Waals surface area contributed by atoms with Crippen molar-refractivity contribution in [2.24, 2.45) is 0 Å². The number of benzene rings is 1. The second-order valence-electron chi connectivity index (χ2n) is 3.38. The van der Waals surface area contributed by atoms with E-state index < -0.39 is 17.7 Å². The van der Waals surface area contributed by atoms with Crippen molar-refractivity contribution >= 4 is 6.09 Å². The van der Waals surface area contributed by atoms with Gasteiger partial charge in [0.25, 0.3) is 0 Å². The second kappa shape index (κ2) is 5.44. The number of hydrogen-bond acceptors (Lipinski definition) is 2. The third-order valence-corrected chi connectivity index (χ3v) is 2.21. The Balaban J connectivity index is 2.60. The van der Waals surface area contributed by atoms with E-state index in [-0.39, 0.29) is 18.5 Å². The molecule has 0 saturated heterocycles. The van der Waals surface area contributed by atoms with Gasteiger partial charge in [-0.2, -0.15) is 0 Å². The number of ether oxygens (including phenoxy) is 1. The summed E-state index contributed by atoms with van der Waals surface area (Å²) in [4.78, 5) is 12.3. The van der Waals surface area contributed by atoms with E-state index in [4.69, 9.17) is 0 Å². The number of likely N-dealkylation sites (N-methyl/N-ethyl adjacent to an activating group) is 1. The van der Waals surface area contributed by atoms with Gasteiger partial charge < -0.3 is 9.64 Å². The molecule has 1 aromatic rings. The van der Waals surface area contributed by atoms with E-state index >= 15 is 0 Å². The van der Waals surface area contributed by atoms with E-state index in [2.05, 4.69) is 4.74 Å². The Kier molecular flexibility index (Phi) is 4.22. The summed E-state index contributed by atoms with van der Waals surface area (Å²) in [6.07, 6.45) is -0.258. The zero-order chi connectivity index (χ0) is 12.1. The monoisotopic (exact) mass is 229 g/mol. The molecular weight excluding hydrogens is 216 g/mol. The molecule has 0 atom stereocenters. The molecule has 0 unspecified atom stereocenters. The van der Waals surface area contributed by atoms with Crippen molar-refractivity contribution in [2.75, 3.05) is 20.7 Å². The maximum absolute atomic E-state index is 13.2. The summed E-state index contributed by atoms with van der Waals surface area (Å²) in [7, 11) is 2.80. The first-order valence-corrected chi connectivity index (χ1v) is 4.77. The lowest BCUT2D eigenvalue weighted by atomic mass is 10.1. The first-order valence-electron chi connectivity index (χ1n) is 4.77. The molecule has 1 aromatic carbocycles. The van der Waals surface area contributed by atoms with Crippen molar-refractivity contribution in [2.45, 2.75) is 6.42 Å². The molecule has 5 heteroatoms. The van der Waals surface area contributed by atoms with Crippen LogP contribution in [0.3, 0.4) is 0 Å². The van der Waals surface area contributed by atoms with Crippen LogP contribution in [-0.2, 0) is 11.2 Å². The SMILES string of the molecule is COC(=O)N(C)CCc1cc(F)ccc1F. The van der Waals surface area contributed by atoms with Gasteiger partial charge in [0.2, 0.25) is 0 Å². The lowest BCUT2D eigenvalue weighted by Gasteiger charge is -2.15. The second-order valence-corrected chi connectivity index (χ2v) is 3.38. The standard InChI is InChI=1S/C11H13F2NO2/c1-14(11(15)16-2)6-5-8-7-9(12)3-4-10(8)13/h3-4,7H,5-6H2,1-2H3. The Bertz CT molecular complexity index is 382. The van der Waals surface area contributed by atoms with Crippen LogP contribution >= 0.6 is 0 Å². The van der Waals surface area contributed by atoms with Crippen molar-refractivity contribution in [1.29, 1.82) is 0 Å². The first-order chi connectivity index (χ1) is 7.54. The number of halogens is 2. The Morgan fingerprint density at radius 1 is 1.44 bits per heavy atom. The highest BCUT2D eigenvalue weighted by molar-refractivity contribution is 5.66. The number of amides is 1. The summed E-state index contributed by atoms with van der Waals surface area (Å²) in [6, 6.07) is 3.26. The van der Waals surface area contributed by atoms with E-state index in [1.165, 1.54) is 19.1 Å². The van der Waals surface area contributed by atoms with E-state index in [1.54, 1.807) is 0 Å². The number of nitrogens with zero attached hydrogens (tertiary/aromatic N) is 1. The molecule has 0 radical (unpaired) electrons. The van der Waals surface area contributed by atoms with Gasteiger partial charge in [0, 0.05) is 13.6 Å². The smallest absolute Gasteiger partial charge is 0.409 e. The minimum atomic E-state index is -0.503. The van der Waals surface area contributed by atoms with E-state index in [0.717, 1.165) is 18.2 Å². The van der Waals surface area contributed by atoms with Gasteiger partial charge in [-0.05, 0) is 30.2 Å². The van der Waals surface area contributed by atoms with Gasteiger partial charge in [0.1, 0.15) is 11.6 Å². The topological polar surface area (TPSA) is 29.5 Å². The summed E-state index contributed by atoms with van der Waals surface area (Å²) in [5.41, 5.74) is 0.246. The Morgan fingerprint density at radius 2 is 2.12 bits per heavy atom. The molecule has 0 aliphatic heterocycles. The quantitative estimate of drug-likeness (QED) is 0.795. The molecule has 0 saturated carbocycles. The van der Waals surface area contributed by atoms with Crippen LogP contribution in [0, 0.1) is 11.6 Å². The minimum absolute atomic E-state index is 0.245. The van der Waals surface area contributed by atoms with Crippen molar-refractivity contribution in [1.82, 2.24) is 4.90 Å². The highest BCUT2D eigenvalue weighted by Gasteiger charge is 2.10. The predicted molar refractivity (Wildman–Crippen MR) is 55.1 cm³/mol. The average Bonchev–Trinajstić information content (AvgIpc) is 2.28. The van der Waals surface area contributed by atoms with E-state index in [1.807, 2.05) is 0 Å². The molecule has 0 spiro atoms. The fourth-order valence-electron chi connectivity index (χ4n) is 1.27. The average molecular weight is 229 g/mol. The van der Waals surface area contributed by atoms with Gasteiger partial charge in [-0.3, -0.25) is 0 Å². The van der Waals surface area contributed by atoms with Crippen molar-refractivity contribution in [3.05, 3.63) is 35.4 Å². The number of methoxy groups -OCH3 is 1. The van der Waals surface area contributed by atoms with E-state index in [0.29, 0.717) is 0 Å². The molecule has 1 rings (SSSR count). The highest BCUT2D eigenvalue weighted by Crippen LogP contribution is 2.10. The van der Waals surface area contributed by atoms with Crippen molar-refractivity contribution < 1.29 is 18.3 Å². The van der Waals surface area contributed by atoms with Gasteiger partial charge in [-0.25, -0.2) is 13.6 Å². The minimum Gasteiger partial charge on any atom is -0.453 e. The molecular formula is C11H13F2NO2. The fraction of sp³-hybridized carbons (Fsp3) is 0.364. The Morgan fingerprint density at radius 3 is 2.75 bits per heavy atom. The van der Waals surface area contributed by atoms with Crippen LogP contribution in [0.15, 0.2) is 18.2 Å². The van der Waals surface area contributed by atoms with Gasteiger partial charge >= 0.3 is 6.09 Å². The summed E-state index contributed by atoms with van der Waals surface area (Å²) in [5.74, 6) is -0.961.